The predicted octanol–water partition coefficient (Wildman–Crippen LogP) is 1.23. The molecular weight excluding hydrogens is 433 g/mol. The number of hydrogen-bond acceptors (Lipinski definition) is 5. The number of carboxylic acid groups (broad SMARTS) is 1. The number of hydrogen-bond donors (Lipinski definition) is 2. The molecule has 180 valence electrons. The van der Waals surface area contributed by atoms with Crippen molar-refractivity contribution in [3.05, 3.63) is 35.6 Å². The summed E-state index contributed by atoms with van der Waals surface area (Å²) in [7, 11) is 1.59. The Morgan fingerprint density at radius 3 is 2.39 bits per heavy atom. The smallest absolute Gasteiger partial charge is 0.334 e. The number of nitrogens with one attached hydrogen (secondary N) is 1. The van der Waals surface area contributed by atoms with Gasteiger partial charge in [0, 0.05) is 19.6 Å². The van der Waals surface area contributed by atoms with Crippen molar-refractivity contribution < 1.29 is 28.7 Å². The second-order valence-corrected chi connectivity index (χ2v) is 8.30. The summed E-state index contributed by atoms with van der Waals surface area (Å²) < 4.78 is 13.2. The van der Waals surface area contributed by atoms with Gasteiger partial charge < -0.3 is 20.2 Å². The molecule has 2 fully saturated rings. The molecule has 2 atom stereocenters. The minimum absolute atomic E-state index is 0.0847. The zero-order valence-corrected chi connectivity index (χ0v) is 19.0. The van der Waals surface area contributed by atoms with Gasteiger partial charge in [0.2, 0.25) is 11.8 Å². The monoisotopic (exact) mass is 463 g/mol. The van der Waals surface area contributed by atoms with E-state index in [1.165, 1.54) is 27.1 Å². The number of carbonyl (C=O) groups is 4. The first-order valence-electron chi connectivity index (χ1n) is 11.0. The van der Waals surface area contributed by atoms with Crippen molar-refractivity contribution in [2.24, 2.45) is 0 Å². The van der Waals surface area contributed by atoms with Gasteiger partial charge in [-0.15, -0.1) is 0 Å². The highest BCUT2D eigenvalue weighted by Gasteiger charge is 2.52. The topological polar surface area (TPSA) is 114 Å². The van der Waals surface area contributed by atoms with E-state index in [1.807, 2.05) is 13.8 Å². The van der Waals surface area contributed by atoms with Crippen LogP contribution in [0.1, 0.15) is 38.7 Å². The lowest BCUT2D eigenvalue weighted by atomic mass is 10.00. The van der Waals surface area contributed by atoms with E-state index in [-0.39, 0.29) is 31.5 Å². The van der Waals surface area contributed by atoms with Gasteiger partial charge in [0.15, 0.2) is 0 Å². The molecule has 3 rings (SSSR count). The first-order chi connectivity index (χ1) is 15.7. The van der Waals surface area contributed by atoms with Crippen LogP contribution in [0.5, 0.6) is 0 Å². The summed E-state index contributed by atoms with van der Waals surface area (Å²) in [5.74, 6) is -2.40. The highest BCUT2D eigenvalue weighted by molar-refractivity contribution is 5.93. The zero-order valence-electron chi connectivity index (χ0n) is 19.0. The van der Waals surface area contributed by atoms with Crippen LogP contribution in [-0.2, 0) is 20.9 Å². The number of likely N-dealkylation sites (N-methyl/N-ethyl adjacent to an activating group) is 1. The van der Waals surface area contributed by atoms with E-state index in [9.17, 15) is 28.7 Å². The van der Waals surface area contributed by atoms with Gasteiger partial charge in [0.1, 0.15) is 18.0 Å². The molecule has 11 heteroatoms. The van der Waals surface area contributed by atoms with Crippen molar-refractivity contribution >= 4 is 23.8 Å². The fraction of sp³-hybridized carbons (Fsp3) is 0.545. The number of halogens is 1. The lowest BCUT2D eigenvalue weighted by molar-refractivity contribution is -0.190. The van der Waals surface area contributed by atoms with Crippen LogP contribution in [0, 0.1) is 5.82 Å². The summed E-state index contributed by atoms with van der Waals surface area (Å²) in [5.41, 5.74) is 0.693. The van der Waals surface area contributed by atoms with Crippen LogP contribution in [0.3, 0.4) is 0 Å². The van der Waals surface area contributed by atoms with Gasteiger partial charge in [0.25, 0.3) is 0 Å². The third-order valence-electron chi connectivity index (χ3n) is 6.20. The Hall–Kier alpha value is -3.21. The maximum Gasteiger partial charge on any atom is 0.334 e. The Balaban J connectivity index is 1.89. The van der Waals surface area contributed by atoms with Gasteiger partial charge in [-0.3, -0.25) is 14.4 Å². The zero-order chi connectivity index (χ0) is 24.3. The summed E-state index contributed by atoms with van der Waals surface area (Å²) in [6.07, 6.45) is -0.0519. The maximum absolute atomic E-state index is 13.2. The number of hydrazine groups is 1. The fourth-order valence-electron chi connectivity index (χ4n) is 4.55. The molecule has 1 unspecified atom stereocenters. The number of piperazine rings is 1. The molecule has 1 aromatic rings. The highest BCUT2D eigenvalue weighted by Crippen LogP contribution is 2.29. The summed E-state index contributed by atoms with van der Waals surface area (Å²) in [6.45, 7) is 3.92. The molecule has 4 amide bonds. The van der Waals surface area contributed by atoms with Gasteiger partial charge in [-0.1, -0.05) is 26.0 Å². The first kappa shape index (κ1) is 24.4. The van der Waals surface area contributed by atoms with Crippen molar-refractivity contribution in [2.45, 2.75) is 57.9 Å². The van der Waals surface area contributed by atoms with Crippen molar-refractivity contribution in [3.63, 3.8) is 0 Å². The molecular formula is C22H30FN5O5. The number of nitrogens with zero attached hydrogens (tertiary/aromatic N) is 4. The molecule has 2 heterocycles. The fourth-order valence-corrected chi connectivity index (χ4v) is 4.55. The van der Waals surface area contributed by atoms with Crippen LogP contribution < -0.4 is 5.32 Å². The lowest BCUT2D eigenvalue weighted by Crippen LogP contribution is -2.76. The molecule has 0 bridgehead atoms. The quantitative estimate of drug-likeness (QED) is 0.629. The Labute approximate surface area is 191 Å². The molecule has 0 spiro atoms. The number of rotatable bonds is 7. The molecule has 1 aromatic carbocycles. The summed E-state index contributed by atoms with van der Waals surface area (Å²) in [5, 5.41) is 15.0. The predicted molar refractivity (Wildman–Crippen MR) is 116 cm³/mol. The summed E-state index contributed by atoms with van der Waals surface area (Å²) >= 11 is 0. The van der Waals surface area contributed by atoms with E-state index in [1.54, 1.807) is 24.1 Å². The van der Waals surface area contributed by atoms with E-state index in [2.05, 4.69) is 5.32 Å². The molecule has 2 aliphatic heterocycles. The van der Waals surface area contributed by atoms with Gasteiger partial charge in [-0.2, -0.15) is 0 Å². The Bertz CT molecular complexity index is 907. The second-order valence-electron chi connectivity index (χ2n) is 8.30. The number of benzene rings is 1. The minimum atomic E-state index is -1.20. The second kappa shape index (κ2) is 10.2. The van der Waals surface area contributed by atoms with Gasteiger partial charge >= 0.3 is 12.0 Å². The van der Waals surface area contributed by atoms with Crippen LogP contribution in [0.25, 0.3) is 0 Å². The van der Waals surface area contributed by atoms with Crippen LogP contribution >= 0.6 is 0 Å². The van der Waals surface area contributed by atoms with E-state index < -0.39 is 42.4 Å². The molecule has 33 heavy (non-hydrogen) atoms. The van der Waals surface area contributed by atoms with E-state index in [4.69, 9.17) is 0 Å². The number of carboxylic acids is 1. The summed E-state index contributed by atoms with van der Waals surface area (Å²) in [6, 6.07) is 3.89. The number of amides is 4. The normalized spacial score (nSPS) is 21.4. The molecule has 2 saturated heterocycles. The van der Waals surface area contributed by atoms with Crippen molar-refractivity contribution in [1.82, 2.24) is 25.1 Å². The third kappa shape index (κ3) is 5.08. The molecule has 0 aromatic heterocycles. The minimum Gasteiger partial charge on any atom is -0.481 e. The lowest BCUT2D eigenvalue weighted by Gasteiger charge is -2.55. The maximum atomic E-state index is 13.2. The Morgan fingerprint density at radius 1 is 1.18 bits per heavy atom. The van der Waals surface area contributed by atoms with Gasteiger partial charge in [-0.25, -0.2) is 19.2 Å². The summed E-state index contributed by atoms with van der Waals surface area (Å²) in [4.78, 5) is 53.7. The van der Waals surface area contributed by atoms with E-state index >= 15 is 0 Å². The van der Waals surface area contributed by atoms with Crippen molar-refractivity contribution in [1.29, 1.82) is 0 Å². The number of carbonyl (C=O) groups excluding carboxylic acids is 3. The molecule has 0 aliphatic carbocycles. The molecule has 2 N–H and O–H groups in total. The largest absolute Gasteiger partial charge is 0.481 e. The van der Waals surface area contributed by atoms with Crippen molar-refractivity contribution in [2.75, 3.05) is 20.1 Å². The average Bonchev–Trinajstić information content (AvgIpc) is 2.76. The molecule has 0 saturated carbocycles. The number of urea groups is 1. The van der Waals surface area contributed by atoms with Gasteiger partial charge in [0.05, 0.1) is 19.5 Å². The average molecular weight is 464 g/mol. The van der Waals surface area contributed by atoms with Crippen LogP contribution in [0.4, 0.5) is 9.18 Å². The molecule has 2 aliphatic rings. The van der Waals surface area contributed by atoms with Crippen molar-refractivity contribution in [3.8, 4) is 0 Å². The highest BCUT2D eigenvalue weighted by atomic mass is 19.1. The number of fused-ring (bicyclic) bond motifs is 1. The third-order valence-corrected chi connectivity index (χ3v) is 6.20. The molecule has 0 radical (unpaired) electrons. The van der Waals surface area contributed by atoms with Gasteiger partial charge in [-0.05, 0) is 30.5 Å². The number of aliphatic carboxylic acids is 1. The SMILES string of the molecule is CCC(CC)N1C[C@H]2N(C(=O)CN(C)N2C(=O)NCc2ccc(F)cc2)C(CC(=O)O)C1=O. The first-order valence-corrected chi connectivity index (χ1v) is 11.0. The van der Waals surface area contributed by atoms with E-state index in [0.29, 0.717) is 18.4 Å². The Morgan fingerprint density at radius 2 is 1.82 bits per heavy atom. The van der Waals surface area contributed by atoms with Crippen LogP contribution in [-0.4, -0.2) is 87.1 Å². The van der Waals surface area contributed by atoms with Crippen LogP contribution in [0.2, 0.25) is 0 Å². The Kier molecular flexibility index (Phi) is 7.52. The molecule has 10 nitrogen and oxygen atoms in total. The standard InChI is InChI=1S/C22H30FN5O5/c1-4-16(5-2)26-12-18-27(17(21(26)32)10-20(30)31)19(29)13-25(3)28(18)22(33)24-11-14-6-8-15(23)9-7-14/h6-9,16-18H,4-5,10-13H2,1-3H3,(H,24,33)(H,30,31)/t17?,18-/m0/s1. The van der Waals surface area contributed by atoms with Crippen LogP contribution in [0.15, 0.2) is 24.3 Å². The van der Waals surface area contributed by atoms with E-state index in [0.717, 1.165) is 0 Å².